The molecule has 0 saturated heterocycles. The highest BCUT2D eigenvalue weighted by atomic mass is 19.4. The minimum atomic E-state index is -4.28. The van der Waals surface area contributed by atoms with Crippen LogP contribution < -0.4 is 0 Å². The lowest BCUT2D eigenvalue weighted by Gasteiger charge is -2.27. The minimum absolute atomic E-state index is 0.154. The molecule has 0 aliphatic carbocycles. The number of hydrogen-bond donors (Lipinski definition) is 0. The van der Waals surface area contributed by atoms with E-state index in [2.05, 4.69) is 0 Å². The number of ketones is 1. The summed E-state index contributed by atoms with van der Waals surface area (Å²) in [5, 5.41) is 0. The van der Waals surface area contributed by atoms with E-state index in [1.165, 1.54) is 4.90 Å². The lowest BCUT2D eigenvalue weighted by atomic mass is 10.1. The van der Waals surface area contributed by atoms with E-state index in [-0.39, 0.29) is 25.9 Å². The number of alkyl halides is 3. The number of ether oxygens (including phenoxy) is 1. The van der Waals surface area contributed by atoms with Gasteiger partial charge in [0.05, 0.1) is 6.54 Å². The van der Waals surface area contributed by atoms with Crippen LogP contribution in [0.25, 0.3) is 0 Å². The van der Waals surface area contributed by atoms with Crippen LogP contribution in [0.3, 0.4) is 0 Å². The molecule has 0 bridgehead atoms. The normalized spacial score (nSPS) is 11.9. The van der Waals surface area contributed by atoms with Gasteiger partial charge >= 0.3 is 12.3 Å². The molecule has 140 valence electrons. The van der Waals surface area contributed by atoms with Crippen molar-refractivity contribution in [2.24, 2.45) is 0 Å². The zero-order valence-corrected chi connectivity index (χ0v) is 14.7. The van der Waals surface area contributed by atoms with Gasteiger partial charge in [0.1, 0.15) is 5.60 Å². The van der Waals surface area contributed by atoms with Crippen molar-refractivity contribution in [2.75, 3.05) is 6.54 Å². The second kappa shape index (κ2) is 8.87. The predicted octanol–water partition coefficient (Wildman–Crippen LogP) is 4.73. The molecule has 1 aromatic rings. The third kappa shape index (κ3) is 9.74. The van der Waals surface area contributed by atoms with Gasteiger partial charge in [0.2, 0.25) is 0 Å². The summed E-state index contributed by atoms with van der Waals surface area (Å²) in [6.07, 6.45) is -6.47. The third-order valence-corrected chi connectivity index (χ3v) is 3.15. The second-order valence-electron chi connectivity index (χ2n) is 6.83. The Morgan fingerprint density at radius 3 is 2.20 bits per heavy atom. The summed E-state index contributed by atoms with van der Waals surface area (Å²) in [5.74, 6) is -0.425. The fraction of sp³-hybridized carbons (Fsp3) is 0.556. The van der Waals surface area contributed by atoms with Crippen LogP contribution in [0.1, 0.15) is 45.6 Å². The Bertz CT molecular complexity index is 565. The first-order valence-corrected chi connectivity index (χ1v) is 8.06. The van der Waals surface area contributed by atoms with E-state index >= 15 is 0 Å². The zero-order valence-electron chi connectivity index (χ0n) is 14.7. The molecule has 0 saturated carbocycles. The van der Waals surface area contributed by atoms with Gasteiger partial charge in [-0.15, -0.1) is 0 Å². The second-order valence-corrected chi connectivity index (χ2v) is 6.83. The molecule has 1 rings (SSSR count). The number of nitrogens with zero attached hydrogens (tertiary/aromatic N) is 1. The first-order chi connectivity index (χ1) is 11.5. The van der Waals surface area contributed by atoms with Gasteiger partial charge in [0, 0.05) is 19.4 Å². The molecule has 0 N–H and O–H groups in total. The standard InChI is InChI=1S/C18H24F3NO3/c1-17(2,3)25-16(24)22(12-14-8-5-4-6-9-14)13-15(23)10-7-11-18(19,20)21/h4-6,8-9H,7,10-13H2,1-3H3. The lowest BCUT2D eigenvalue weighted by Crippen LogP contribution is -2.39. The maximum atomic E-state index is 12.3. The Hall–Kier alpha value is -2.05. The smallest absolute Gasteiger partial charge is 0.410 e. The quantitative estimate of drug-likeness (QED) is 0.707. The van der Waals surface area contributed by atoms with E-state index in [1.807, 2.05) is 6.07 Å². The van der Waals surface area contributed by atoms with E-state index in [9.17, 15) is 22.8 Å². The van der Waals surface area contributed by atoms with Crippen molar-refractivity contribution >= 4 is 11.9 Å². The van der Waals surface area contributed by atoms with Crippen LogP contribution in [0.5, 0.6) is 0 Å². The summed E-state index contributed by atoms with van der Waals surface area (Å²) in [6, 6.07) is 9.02. The van der Waals surface area contributed by atoms with Crippen molar-refractivity contribution in [1.29, 1.82) is 0 Å². The number of rotatable bonds is 7. The molecule has 0 atom stereocenters. The van der Waals surface area contributed by atoms with E-state index in [1.54, 1.807) is 45.0 Å². The number of carbonyl (C=O) groups excluding carboxylic acids is 2. The molecular weight excluding hydrogens is 335 g/mol. The van der Waals surface area contributed by atoms with Gasteiger partial charge in [0.15, 0.2) is 5.78 Å². The van der Waals surface area contributed by atoms with Crippen LogP contribution in [0, 0.1) is 0 Å². The number of Topliss-reactive ketones (excluding diaryl/α,β-unsaturated/α-hetero) is 1. The number of benzene rings is 1. The molecular formula is C18H24F3NO3. The van der Waals surface area contributed by atoms with Crippen molar-refractivity contribution in [3.05, 3.63) is 35.9 Å². The Morgan fingerprint density at radius 1 is 1.08 bits per heavy atom. The number of amides is 1. The molecule has 0 aliphatic rings. The summed E-state index contributed by atoms with van der Waals surface area (Å²) < 4.78 is 41.8. The Balaban J connectivity index is 2.70. The van der Waals surface area contributed by atoms with Crippen molar-refractivity contribution in [3.63, 3.8) is 0 Å². The highest BCUT2D eigenvalue weighted by molar-refractivity contribution is 5.84. The van der Waals surface area contributed by atoms with E-state index < -0.39 is 30.1 Å². The number of carbonyl (C=O) groups is 2. The lowest BCUT2D eigenvalue weighted by molar-refractivity contribution is -0.137. The number of halogens is 3. The van der Waals surface area contributed by atoms with Crippen molar-refractivity contribution < 1.29 is 27.5 Å². The Morgan fingerprint density at radius 2 is 1.68 bits per heavy atom. The zero-order chi connectivity index (χ0) is 19.1. The van der Waals surface area contributed by atoms with Crippen molar-refractivity contribution in [2.45, 2.75) is 58.4 Å². The fourth-order valence-corrected chi connectivity index (χ4v) is 2.09. The van der Waals surface area contributed by atoms with Gasteiger partial charge in [-0.25, -0.2) is 4.79 Å². The average Bonchev–Trinajstić information content (AvgIpc) is 2.44. The van der Waals surface area contributed by atoms with E-state index in [0.29, 0.717) is 0 Å². The first-order valence-electron chi connectivity index (χ1n) is 8.06. The largest absolute Gasteiger partial charge is 0.444 e. The van der Waals surface area contributed by atoms with E-state index in [0.717, 1.165) is 5.56 Å². The predicted molar refractivity (Wildman–Crippen MR) is 88.0 cm³/mol. The molecule has 4 nitrogen and oxygen atoms in total. The maximum absolute atomic E-state index is 12.3. The Labute approximate surface area is 146 Å². The molecule has 25 heavy (non-hydrogen) atoms. The molecule has 0 unspecified atom stereocenters. The molecule has 0 heterocycles. The molecule has 0 spiro atoms. The molecule has 1 amide bonds. The van der Waals surface area contributed by atoms with Crippen LogP contribution in [-0.2, 0) is 16.1 Å². The molecule has 0 aromatic heterocycles. The minimum Gasteiger partial charge on any atom is -0.444 e. The molecule has 0 radical (unpaired) electrons. The highest BCUT2D eigenvalue weighted by Crippen LogP contribution is 2.22. The van der Waals surface area contributed by atoms with Gasteiger partial charge in [-0.2, -0.15) is 13.2 Å². The third-order valence-electron chi connectivity index (χ3n) is 3.15. The van der Waals surface area contributed by atoms with Gasteiger partial charge in [-0.05, 0) is 32.8 Å². The van der Waals surface area contributed by atoms with Crippen LogP contribution in [-0.4, -0.2) is 35.1 Å². The summed E-state index contributed by atoms with van der Waals surface area (Å²) >= 11 is 0. The number of hydrogen-bond acceptors (Lipinski definition) is 3. The molecule has 1 aromatic carbocycles. The molecule has 7 heteroatoms. The SMILES string of the molecule is CC(C)(C)OC(=O)N(CC(=O)CCCC(F)(F)F)Cc1ccccc1. The summed E-state index contributed by atoms with van der Waals surface area (Å²) in [4.78, 5) is 25.5. The fourth-order valence-electron chi connectivity index (χ4n) is 2.09. The van der Waals surface area contributed by atoms with Gasteiger partial charge in [-0.1, -0.05) is 30.3 Å². The summed E-state index contributed by atoms with van der Waals surface area (Å²) in [7, 11) is 0. The first kappa shape index (κ1) is 21.0. The van der Waals surface area contributed by atoms with Crippen LogP contribution in [0.15, 0.2) is 30.3 Å². The average molecular weight is 359 g/mol. The Kier molecular flexibility index (Phi) is 7.45. The van der Waals surface area contributed by atoms with Gasteiger partial charge < -0.3 is 4.74 Å². The monoisotopic (exact) mass is 359 g/mol. The highest BCUT2D eigenvalue weighted by Gasteiger charge is 2.28. The topological polar surface area (TPSA) is 46.6 Å². The van der Waals surface area contributed by atoms with Gasteiger partial charge in [0.25, 0.3) is 0 Å². The summed E-state index contributed by atoms with van der Waals surface area (Å²) in [6.45, 7) is 4.99. The molecule has 0 fully saturated rings. The van der Waals surface area contributed by atoms with Gasteiger partial charge in [-0.3, -0.25) is 9.69 Å². The maximum Gasteiger partial charge on any atom is 0.410 e. The van der Waals surface area contributed by atoms with Crippen LogP contribution in [0.4, 0.5) is 18.0 Å². The van der Waals surface area contributed by atoms with Crippen LogP contribution >= 0.6 is 0 Å². The van der Waals surface area contributed by atoms with Crippen LogP contribution in [0.2, 0.25) is 0 Å². The van der Waals surface area contributed by atoms with Crippen molar-refractivity contribution in [1.82, 2.24) is 4.90 Å². The van der Waals surface area contributed by atoms with E-state index in [4.69, 9.17) is 4.74 Å². The molecule has 0 aliphatic heterocycles. The summed E-state index contributed by atoms with van der Waals surface area (Å²) in [5.41, 5.74) is 0.0715. The van der Waals surface area contributed by atoms with Crippen molar-refractivity contribution in [3.8, 4) is 0 Å².